The molecule has 156 valence electrons. The summed E-state index contributed by atoms with van der Waals surface area (Å²) in [4.78, 5) is 27.6. The summed E-state index contributed by atoms with van der Waals surface area (Å²) in [7, 11) is 1.81. The molecule has 3 rings (SSSR count). The molecule has 0 N–H and O–H groups in total. The van der Waals surface area contributed by atoms with Crippen LogP contribution in [0.4, 0.5) is 0 Å². The number of hydrogen-bond donors (Lipinski definition) is 0. The third kappa shape index (κ3) is 5.41. The Morgan fingerprint density at radius 3 is 2.62 bits per heavy atom. The predicted molar refractivity (Wildman–Crippen MR) is 112 cm³/mol. The first-order valence-corrected chi connectivity index (χ1v) is 11.0. The Morgan fingerprint density at radius 1 is 1.21 bits per heavy atom. The minimum absolute atomic E-state index is 0.147. The van der Waals surface area contributed by atoms with Crippen molar-refractivity contribution >= 4 is 23.6 Å². The third-order valence-corrected chi connectivity index (χ3v) is 6.60. The lowest BCUT2D eigenvalue weighted by molar-refractivity contribution is -0.135. The van der Waals surface area contributed by atoms with Crippen LogP contribution < -0.4 is 0 Å². The van der Waals surface area contributed by atoms with E-state index in [1.807, 2.05) is 26.0 Å². The highest BCUT2D eigenvalue weighted by molar-refractivity contribution is 7.98. The molecule has 1 fully saturated rings. The summed E-state index contributed by atoms with van der Waals surface area (Å²) in [5.74, 6) is 0.809. The first-order valence-electron chi connectivity index (χ1n) is 10.0. The summed E-state index contributed by atoms with van der Waals surface area (Å²) in [6.45, 7) is 3.56. The smallest absolute Gasteiger partial charge is 0.339 e. The first kappa shape index (κ1) is 21.4. The van der Waals surface area contributed by atoms with E-state index < -0.39 is 5.97 Å². The highest BCUT2D eigenvalue weighted by Crippen LogP contribution is 2.29. The van der Waals surface area contributed by atoms with Crippen LogP contribution in [-0.2, 0) is 15.3 Å². The second-order valence-corrected chi connectivity index (χ2v) is 8.48. The molecule has 1 heterocycles. The van der Waals surface area contributed by atoms with Gasteiger partial charge in [0.05, 0.1) is 11.3 Å². The molecule has 1 amide bonds. The number of aromatic nitrogens is 1. The monoisotopic (exact) mass is 416 g/mol. The summed E-state index contributed by atoms with van der Waals surface area (Å²) in [6, 6.07) is 7.55. The number of amides is 1. The summed E-state index contributed by atoms with van der Waals surface area (Å²) in [6.07, 6.45) is 5.58. The Kier molecular flexibility index (Phi) is 7.36. The van der Waals surface area contributed by atoms with Gasteiger partial charge in [0.1, 0.15) is 5.76 Å². The van der Waals surface area contributed by atoms with Gasteiger partial charge in [-0.1, -0.05) is 36.6 Å². The van der Waals surface area contributed by atoms with Gasteiger partial charge in [0.2, 0.25) is 0 Å². The lowest BCUT2D eigenvalue weighted by Crippen LogP contribution is -2.40. The molecule has 1 saturated carbocycles. The fourth-order valence-corrected chi connectivity index (χ4v) is 4.79. The van der Waals surface area contributed by atoms with E-state index in [2.05, 4.69) is 5.16 Å². The SMILES string of the molecule is Cc1noc(C)c1CSc1ccccc1C(=O)OCC(=O)N(C)C1CCCCC1. The van der Waals surface area contributed by atoms with Crippen LogP contribution in [-0.4, -0.2) is 41.6 Å². The number of benzene rings is 1. The quantitative estimate of drug-likeness (QED) is 0.488. The van der Waals surface area contributed by atoms with Crippen LogP contribution in [0.1, 0.15) is 59.5 Å². The molecule has 7 heteroatoms. The van der Waals surface area contributed by atoms with Gasteiger partial charge >= 0.3 is 5.97 Å². The van der Waals surface area contributed by atoms with Crippen molar-refractivity contribution in [1.82, 2.24) is 10.1 Å². The van der Waals surface area contributed by atoms with Gasteiger partial charge in [-0.05, 0) is 38.8 Å². The highest BCUT2D eigenvalue weighted by Gasteiger charge is 2.23. The number of esters is 1. The summed E-state index contributed by atoms with van der Waals surface area (Å²) in [5, 5.41) is 3.97. The van der Waals surface area contributed by atoms with Gasteiger partial charge in [-0.15, -0.1) is 11.8 Å². The van der Waals surface area contributed by atoms with Gasteiger partial charge < -0.3 is 14.2 Å². The number of carbonyl (C=O) groups excluding carboxylic acids is 2. The normalized spacial score (nSPS) is 14.6. The van der Waals surface area contributed by atoms with E-state index in [0.717, 1.165) is 47.6 Å². The molecule has 0 bridgehead atoms. The van der Waals surface area contributed by atoms with Crippen LogP contribution in [0.3, 0.4) is 0 Å². The number of likely N-dealkylation sites (N-methyl/N-ethyl adjacent to an activating group) is 1. The predicted octanol–water partition coefficient (Wildman–Crippen LogP) is 4.53. The van der Waals surface area contributed by atoms with Crippen LogP contribution in [0.25, 0.3) is 0 Å². The van der Waals surface area contributed by atoms with E-state index in [1.165, 1.54) is 18.2 Å². The molecule has 0 spiro atoms. The molecule has 1 aliphatic rings. The van der Waals surface area contributed by atoms with Gasteiger partial charge in [0.25, 0.3) is 5.91 Å². The molecule has 0 atom stereocenters. The minimum atomic E-state index is -0.475. The van der Waals surface area contributed by atoms with Crippen LogP contribution in [0.5, 0.6) is 0 Å². The summed E-state index contributed by atoms with van der Waals surface area (Å²) >= 11 is 1.53. The molecule has 6 nitrogen and oxygen atoms in total. The van der Waals surface area contributed by atoms with Gasteiger partial charge in [-0.2, -0.15) is 0 Å². The van der Waals surface area contributed by atoms with E-state index >= 15 is 0 Å². The van der Waals surface area contributed by atoms with Crippen LogP contribution in [0, 0.1) is 13.8 Å². The minimum Gasteiger partial charge on any atom is -0.452 e. The van der Waals surface area contributed by atoms with Crippen molar-refractivity contribution < 1.29 is 18.8 Å². The van der Waals surface area contributed by atoms with E-state index in [1.54, 1.807) is 24.1 Å². The van der Waals surface area contributed by atoms with Gasteiger partial charge in [-0.3, -0.25) is 4.79 Å². The Bertz CT molecular complexity index is 839. The number of nitrogens with zero attached hydrogens (tertiary/aromatic N) is 2. The Hall–Kier alpha value is -2.28. The van der Waals surface area contributed by atoms with E-state index in [4.69, 9.17) is 9.26 Å². The fourth-order valence-electron chi connectivity index (χ4n) is 3.60. The van der Waals surface area contributed by atoms with Crippen molar-refractivity contribution in [2.45, 2.75) is 62.6 Å². The lowest BCUT2D eigenvalue weighted by Gasteiger charge is -2.31. The van der Waals surface area contributed by atoms with Crippen molar-refractivity contribution in [1.29, 1.82) is 0 Å². The molecule has 0 saturated heterocycles. The van der Waals surface area contributed by atoms with Crippen LogP contribution in [0.15, 0.2) is 33.7 Å². The van der Waals surface area contributed by atoms with E-state index in [-0.39, 0.29) is 18.6 Å². The molecule has 1 aliphatic carbocycles. The maximum atomic E-state index is 12.6. The molecule has 0 radical (unpaired) electrons. The van der Waals surface area contributed by atoms with Crippen molar-refractivity contribution in [2.24, 2.45) is 0 Å². The average molecular weight is 417 g/mol. The van der Waals surface area contributed by atoms with Crippen molar-refractivity contribution in [2.75, 3.05) is 13.7 Å². The topological polar surface area (TPSA) is 72.6 Å². The Balaban J connectivity index is 1.58. The average Bonchev–Trinajstić information content (AvgIpc) is 3.07. The molecular weight excluding hydrogens is 388 g/mol. The summed E-state index contributed by atoms with van der Waals surface area (Å²) < 4.78 is 10.6. The number of ether oxygens (including phenoxy) is 1. The van der Waals surface area contributed by atoms with Crippen molar-refractivity contribution in [3.8, 4) is 0 Å². The molecule has 1 aromatic carbocycles. The van der Waals surface area contributed by atoms with Gasteiger partial charge in [-0.25, -0.2) is 4.79 Å². The Labute approximate surface area is 176 Å². The summed E-state index contributed by atoms with van der Waals surface area (Å²) in [5.41, 5.74) is 2.35. The van der Waals surface area contributed by atoms with Crippen LogP contribution in [0.2, 0.25) is 0 Å². The third-order valence-electron chi connectivity index (χ3n) is 5.50. The second-order valence-electron chi connectivity index (χ2n) is 7.46. The van der Waals surface area contributed by atoms with E-state index in [9.17, 15) is 9.59 Å². The second kappa shape index (κ2) is 9.96. The van der Waals surface area contributed by atoms with Gasteiger partial charge in [0.15, 0.2) is 6.61 Å². The van der Waals surface area contributed by atoms with Gasteiger partial charge in [0, 0.05) is 29.3 Å². The number of aryl methyl sites for hydroxylation is 2. The molecule has 1 aromatic heterocycles. The maximum Gasteiger partial charge on any atom is 0.339 e. The van der Waals surface area contributed by atoms with Crippen molar-refractivity contribution in [3.63, 3.8) is 0 Å². The van der Waals surface area contributed by atoms with Crippen LogP contribution >= 0.6 is 11.8 Å². The number of hydrogen-bond acceptors (Lipinski definition) is 6. The molecule has 0 aliphatic heterocycles. The zero-order valence-electron chi connectivity index (χ0n) is 17.3. The first-order chi connectivity index (χ1) is 14.0. The number of carbonyl (C=O) groups is 2. The fraction of sp³-hybridized carbons (Fsp3) is 0.500. The highest BCUT2D eigenvalue weighted by atomic mass is 32.2. The molecule has 2 aromatic rings. The number of rotatable bonds is 7. The number of thioether (sulfide) groups is 1. The largest absolute Gasteiger partial charge is 0.452 e. The zero-order chi connectivity index (χ0) is 20.8. The van der Waals surface area contributed by atoms with E-state index in [0.29, 0.717) is 11.3 Å². The lowest BCUT2D eigenvalue weighted by atomic mass is 9.94. The Morgan fingerprint density at radius 2 is 1.93 bits per heavy atom. The maximum absolute atomic E-state index is 12.6. The molecule has 29 heavy (non-hydrogen) atoms. The zero-order valence-corrected chi connectivity index (χ0v) is 18.1. The molecule has 0 unspecified atom stereocenters. The van der Waals surface area contributed by atoms with Crippen molar-refractivity contribution in [3.05, 3.63) is 46.8 Å². The standard InChI is InChI=1S/C22H28N2O4S/c1-15-19(16(2)28-23-15)14-29-20-12-8-7-11-18(20)22(26)27-13-21(25)24(3)17-9-5-4-6-10-17/h7-8,11-12,17H,4-6,9-10,13-14H2,1-3H3. The molecular formula is C22H28N2O4S.